The number of sulfonamides is 1. The van der Waals surface area contributed by atoms with Gasteiger partial charge >= 0.3 is 0 Å². The molecule has 1 saturated carbocycles. The summed E-state index contributed by atoms with van der Waals surface area (Å²) in [5.41, 5.74) is 3.04. The zero-order chi connectivity index (χ0) is 28.7. The fraction of sp³-hybridized carbons (Fsp3) is 0.517. The highest BCUT2D eigenvalue weighted by molar-refractivity contribution is 7.92. The van der Waals surface area contributed by atoms with Crippen molar-refractivity contribution in [2.24, 2.45) is 0 Å². The molecule has 0 aromatic heterocycles. The van der Waals surface area contributed by atoms with Gasteiger partial charge in [-0.1, -0.05) is 61.2 Å². The Bertz CT molecular complexity index is 1260. The van der Waals surface area contributed by atoms with Crippen LogP contribution >= 0.6 is 23.2 Å². The van der Waals surface area contributed by atoms with E-state index < -0.39 is 16.1 Å². The summed E-state index contributed by atoms with van der Waals surface area (Å²) in [4.78, 5) is 28.6. The molecule has 0 aliphatic heterocycles. The van der Waals surface area contributed by atoms with Gasteiger partial charge in [0.1, 0.15) is 6.04 Å². The summed E-state index contributed by atoms with van der Waals surface area (Å²) in [6.45, 7) is 5.92. The monoisotopic (exact) mass is 595 g/mol. The van der Waals surface area contributed by atoms with Crippen LogP contribution in [0.1, 0.15) is 68.6 Å². The van der Waals surface area contributed by atoms with Crippen molar-refractivity contribution in [2.45, 2.75) is 84.3 Å². The number of carbonyl (C=O) groups excluding carboxylic acids is 2. The van der Waals surface area contributed by atoms with Crippen LogP contribution in [-0.4, -0.2) is 50.0 Å². The molecule has 2 aromatic carbocycles. The summed E-state index contributed by atoms with van der Waals surface area (Å²) < 4.78 is 26.7. The third-order valence-electron chi connectivity index (χ3n) is 7.47. The average Bonchev–Trinajstić information content (AvgIpc) is 3.37. The van der Waals surface area contributed by atoms with Gasteiger partial charge in [-0.05, 0) is 68.9 Å². The van der Waals surface area contributed by atoms with Gasteiger partial charge in [0.15, 0.2) is 0 Å². The van der Waals surface area contributed by atoms with Crippen molar-refractivity contribution in [3.63, 3.8) is 0 Å². The van der Waals surface area contributed by atoms with Crippen molar-refractivity contribution >= 4 is 50.7 Å². The molecule has 1 aliphatic rings. The summed E-state index contributed by atoms with van der Waals surface area (Å²) in [5, 5.41) is 3.96. The van der Waals surface area contributed by atoms with E-state index in [2.05, 4.69) is 5.32 Å². The fourth-order valence-corrected chi connectivity index (χ4v) is 6.66. The molecule has 39 heavy (non-hydrogen) atoms. The number of hydrogen-bond donors (Lipinski definition) is 1. The first kappa shape index (κ1) is 31.2. The van der Waals surface area contributed by atoms with Crippen molar-refractivity contribution in [3.05, 3.63) is 63.1 Å². The van der Waals surface area contributed by atoms with Crippen molar-refractivity contribution in [1.29, 1.82) is 0 Å². The predicted octanol–water partition coefficient (Wildman–Crippen LogP) is 6.02. The number of benzene rings is 2. The third kappa shape index (κ3) is 8.12. The van der Waals surface area contributed by atoms with Gasteiger partial charge < -0.3 is 10.2 Å². The van der Waals surface area contributed by atoms with E-state index in [0.717, 1.165) is 36.8 Å². The number of halogens is 2. The third-order valence-corrected chi connectivity index (χ3v) is 9.36. The van der Waals surface area contributed by atoms with Crippen LogP contribution in [-0.2, 0) is 26.2 Å². The van der Waals surface area contributed by atoms with Gasteiger partial charge in [0, 0.05) is 41.2 Å². The van der Waals surface area contributed by atoms with Crippen molar-refractivity contribution in [1.82, 2.24) is 10.2 Å². The molecule has 2 amide bonds. The smallest absolute Gasteiger partial charge is 0.243 e. The minimum Gasteiger partial charge on any atom is -0.352 e. The highest BCUT2D eigenvalue weighted by atomic mass is 35.5. The van der Waals surface area contributed by atoms with Gasteiger partial charge in [-0.2, -0.15) is 0 Å². The largest absolute Gasteiger partial charge is 0.352 e. The molecular formula is C29H39Cl2N3O4S. The molecule has 2 aromatic rings. The first-order valence-corrected chi connectivity index (χ1v) is 16.1. The molecule has 1 fully saturated rings. The van der Waals surface area contributed by atoms with Crippen molar-refractivity contribution < 1.29 is 18.0 Å². The Labute approximate surface area is 242 Å². The molecule has 1 aliphatic carbocycles. The summed E-state index contributed by atoms with van der Waals surface area (Å²) >= 11 is 12.9. The standard InChI is InChI=1S/C29H39Cl2N3O4S/c1-5-26(29(36)32-22-12-6-7-13-22)33(19-23-24(30)14-9-15-25(23)31)28(35)17-10-18-34(39(4,37)38)27-16-8-11-20(2)21(27)3/h8-9,11,14-16,22,26H,5-7,10,12-13,17-19H2,1-4H3,(H,32,36). The number of aryl methyl sites for hydroxylation is 1. The number of hydrogen-bond acceptors (Lipinski definition) is 4. The first-order chi connectivity index (χ1) is 18.4. The Hall–Kier alpha value is -2.29. The second-order valence-corrected chi connectivity index (χ2v) is 13.0. The number of nitrogens with one attached hydrogen (secondary N) is 1. The fourth-order valence-electron chi connectivity index (χ4n) is 5.13. The van der Waals surface area contributed by atoms with Crippen LogP contribution < -0.4 is 9.62 Å². The molecule has 214 valence electrons. The van der Waals surface area contributed by atoms with Gasteiger partial charge in [-0.25, -0.2) is 8.42 Å². The molecule has 3 rings (SSSR count). The highest BCUT2D eigenvalue weighted by Gasteiger charge is 2.31. The van der Waals surface area contributed by atoms with E-state index in [-0.39, 0.29) is 43.8 Å². The van der Waals surface area contributed by atoms with Crippen LogP contribution in [0.2, 0.25) is 10.0 Å². The Morgan fingerprint density at radius 3 is 2.26 bits per heavy atom. The van der Waals surface area contributed by atoms with E-state index in [4.69, 9.17) is 23.2 Å². The molecule has 0 radical (unpaired) electrons. The van der Waals surface area contributed by atoms with E-state index >= 15 is 0 Å². The Morgan fingerprint density at radius 2 is 1.67 bits per heavy atom. The lowest BCUT2D eigenvalue weighted by molar-refractivity contribution is -0.141. The quantitative estimate of drug-likeness (QED) is 0.325. The van der Waals surface area contributed by atoms with Gasteiger partial charge in [0.2, 0.25) is 21.8 Å². The molecule has 7 nitrogen and oxygen atoms in total. The molecule has 0 saturated heterocycles. The van der Waals surface area contributed by atoms with Gasteiger partial charge in [-0.15, -0.1) is 0 Å². The lowest BCUT2D eigenvalue weighted by atomic mass is 10.1. The van der Waals surface area contributed by atoms with Crippen molar-refractivity contribution in [2.75, 3.05) is 17.1 Å². The maximum Gasteiger partial charge on any atom is 0.243 e. The second kappa shape index (κ2) is 13.9. The number of nitrogens with zero attached hydrogens (tertiary/aromatic N) is 2. The van der Waals surface area contributed by atoms with Gasteiger partial charge in [-0.3, -0.25) is 13.9 Å². The maximum absolute atomic E-state index is 13.7. The molecule has 1 atom stereocenters. The summed E-state index contributed by atoms with van der Waals surface area (Å²) in [5.74, 6) is -0.442. The maximum atomic E-state index is 13.7. The minimum atomic E-state index is -3.57. The van der Waals surface area contributed by atoms with Crippen molar-refractivity contribution in [3.8, 4) is 0 Å². The predicted molar refractivity (Wildman–Crippen MR) is 159 cm³/mol. The van der Waals surface area contributed by atoms with E-state index in [1.165, 1.54) is 10.6 Å². The first-order valence-electron chi connectivity index (χ1n) is 13.5. The molecule has 1 N–H and O–H groups in total. The summed E-state index contributed by atoms with van der Waals surface area (Å²) in [7, 11) is -3.57. The topological polar surface area (TPSA) is 86.8 Å². The molecule has 1 unspecified atom stereocenters. The number of anilines is 1. The lowest BCUT2D eigenvalue weighted by Gasteiger charge is -2.32. The zero-order valence-corrected chi connectivity index (χ0v) is 25.5. The molecule has 0 spiro atoms. The Balaban J connectivity index is 1.82. The molecule has 10 heteroatoms. The summed E-state index contributed by atoms with van der Waals surface area (Å²) in [6, 6.07) is 10.1. The second-order valence-electron chi connectivity index (χ2n) is 10.3. The normalized spacial score (nSPS) is 14.7. The number of rotatable bonds is 12. The minimum absolute atomic E-state index is 0.0617. The molecule has 0 bridgehead atoms. The zero-order valence-electron chi connectivity index (χ0n) is 23.2. The van der Waals surface area contributed by atoms with Crippen LogP contribution in [0.5, 0.6) is 0 Å². The Kier molecular flexibility index (Phi) is 11.1. The number of amides is 2. The Morgan fingerprint density at radius 1 is 1.05 bits per heavy atom. The van der Waals surface area contributed by atoms with Crippen LogP contribution in [0.3, 0.4) is 0 Å². The summed E-state index contributed by atoms with van der Waals surface area (Å²) in [6.07, 6.45) is 5.97. The number of carbonyl (C=O) groups is 2. The van der Waals surface area contributed by atoms with Crippen LogP contribution in [0.4, 0.5) is 5.69 Å². The van der Waals surface area contributed by atoms with E-state index in [9.17, 15) is 18.0 Å². The highest BCUT2D eigenvalue weighted by Crippen LogP contribution is 2.29. The van der Waals surface area contributed by atoms with Crippen LogP contribution in [0, 0.1) is 13.8 Å². The van der Waals surface area contributed by atoms with E-state index in [0.29, 0.717) is 27.7 Å². The van der Waals surface area contributed by atoms with E-state index in [1.54, 1.807) is 29.2 Å². The lowest BCUT2D eigenvalue weighted by Crippen LogP contribution is -2.51. The van der Waals surface area contributed by atoms with Gasteiger partial charge in [0.05, 0.1) is 11.9 Å². The average molecular weight is 597 g/mol. The van der Waals surface area contributed by atoms with Crippen LogP contribution in [0.25, 0.3) is 0 Å². The van der Waals surface area contributed by atoms with Gasteiger partial charge in [0.25, 0.3) is 0 Å². The van der Waals surface area contributed by atoms with Crippen LogP contribution in [0.15, 0.2) is 36.4 Å². The van der Waals surface area contributed by atoms with E-state index in [1.807, 2.05) is 32.9 Å². The molecular weight excluding hydrogens is 557 g/mol. The SMILES string of the molecule is CCC(C(=O)NC1CCCC1)N(Cc1c(Cl)cccc1Cl)C(=O)CCCN(c1cccc(C)c1C)S(C)(=O)=O. The molecule has 0 heterocycles.